The molecule has 0 aliphatic heterocycles. The molecule has 6 heteroatoms. The molecule has 15 heavy (non-hydrogen) atoms. The molecule has 0 radical (unpaired) electrons. The van der Waals surface area contributed by atoms with E-state index in [1.165, 1.54) is 18.7 Å². The molecule has 2 heterocycles. The molecule has 0 aliphatic rings. The summed E-state index contributed by atoms with van der Waals surface area (Å²) in [5.41, 5.74) is 0. The van der Waals surface area contributed by atoms with Crippen molar-refractivity contribution >= 4 is 28.9 Å². The third-order valence-corrected chi connectivity index (χ3v) is 3.36. The first-order valence-corrected chi connectivity index (χ1v) is 6.12. The predicted molar refractivity (Wildman–Crippen MR) is 59.0 cm³/mol. The van der Waals surface area contributed by atoms with Gasteiger partial charge in [-0.1, -0.05) is 17.8 Å². The van der Waals surface area contributed by atoms with Crippen LogP contribution in [0.2, 0.25) is 0 Å². The maximum Gasteiger partial charge on any atom is 0.277 e. The highest BCUT2D eigenvalue weighted by atomic mass is 32.2. The van der Waals surface area contributed by atoms with Gasteiger partial charge in [0.2, 0.25) is 0 Å². The summed E-state index contributed by atoms with van der Waals surface area (Å²) in [6.07, 6.45) is 0. The summed E-state index contributed by atoms with van der Waals surface area (Å²) in [6.45, 7) is 1.53. The quantitative estimate of drug-likeness (QED) is 0.768. The van der Waals surface area contributed by atoms with Gasteiger partial charge in [0.15, 0.2) is 0 Å². The number of thioether (sulfide) groups is 1. The lowest BCUT2D eigenvalue weighted by molar-refractivity contribution is -0.114. The second-order valence-corrected chi connectivity index (χ2v) is 4.72. The summed E-state index contributed by atoms with van der Waals surface area (Å²) in [6, 6.07) is 3.84. The Morgan fingerprint density at radius 1 is 1.60 bits per heavy atom. The minimum atomic E-state index is 0.0934. The van der Waals surface area contributed by atoms with E-state index >= 15 is 0 Å². The number of rotatable bonds is 4. The molecule has 2 aromatic rings. The summed E-state index contributed by atoms with van der Waals surface area (Å²) in [5, 5.41) is 10.1. The first-order chi connectivity index (χ1) is 7.25. The van der Waals surface area contributed by atoms with Crippen LogP contribution in [0.25, 0.3) is 10.8 Å². The molecule has 0 spiro atoms. The topological polar surface area (TPSA) is 56.0 Å². The van der Waals surface area contributed by atoms with Crippen molar-refractivity contribution in [2.75, 3.05) is 5.75 Å². The van der Waals surface area contributed by atoms with Crippen LogP contribution in [-0.4, -0.2) is 21.7 Å². The Morgan fingerprint density at radius 3 is 3.13 bits per heavy atom. The molecule has 0 saturated carbocycles. The van der Waals surface area contributed by atoms with E-state index in [1.807, 2.05) is 17.5 Å². The molecule has 0 atom stereocenters. The van der Waals surface area contributed by atoms with Gasteiger partial charge in [0.05, 0.1) is 10.6 Å². The molecule has 0 unspecified atom stereocenters. The second-order valence-electron chi connectivity index (χ2n) is 2.84. The summed E-state index contributed by atoms with van der Waals surface area (Å²) in [5.74, 6) is 0.971. The monoisotopic (exact) mass is 240 g/mol. The zero-order valence-electron chi connectivity index (χ0n) is 7.97. The normalized spacial score (nSPS) is 10.5. The van der Waals surface area contributed by atoms with Gasteiger partial charge in [0, 0.05) is 0 Å². The maximum atomic E-state index is 10.7. The number of carbonyl (C=O) groups is 1. The molecule has 0 N–H and O–H groups in total. The van der Waals surface area contributed by atoms with E-state index in [1.54, 1.807) is 11.3 Å². The molecule has 0 saturated heterocycles. The van der Waals surface area contributed by atoms with Crippen molar-refractivity contribution in [1.82, 2.24) is 10.2 Å². The SMILES string of the molecule is CC(=O)CSc1nnc(-c2cccs2)o1. The zero-order valence-corrected chi connectivity index (χ0v) is 9.60. The second kappa shape index (κ2) is 4.59. The molecular formula is C9H8N2O2S2. The van der Waals surface area contributed by atoms with Crippen LogP contribution in [0.15, 0.2) is 27.2 Å². The number of hydrogen-bond donors (Lipinski definition) is 0. The molecule has 0 fully saturated rings. The number of Topliss-reactive ketones (excluding diaryl/α,β-unsaturated/α-hetero) is 1. The van der Waals surface area contributed by atoms with Crippen LogP contribution in [0.5, 0.6) is 0 Å². The van der Waals surface area contributed by atoms with Gasteiger partial charge in [-0.2, -0.15) is 0 Å². The van der Waals surface area contributed by atoms with Crippen LogP contribution in [0.3, 0.4) is 0 Å². The van der Waals surface area contributed by atoms with Crippen molar-refractivity contribution in [3.05, 3.63) is 17.5 Å². The minimum absolute atomic E-state index is 0.0934. The fraction of sp³-hybridized carbons (Fsp3) is 0.222. The number of ketones is 1. The van der Waals surface area contributed by atoms with Crippen molar-refractivity contribution in [1.29, 1.82) is 0 Å². The van der Waals surface area contributed by atoms with Crippen LogP contribution in [-0.2, 0) is 4.79 Å². The standard InChI is InChI=1S/C9H8N2O2S2/c1-6(12)5-15-9-11-10-8(13-9)7-3-2-4-14-7/h2-4H,5H2,1H3. The van der Waals surface area contributed by atoms with E-state index in [9.17, 15) is 4.79 Å². The van der Waals surface area contributed by atoms with Crippen molar-refractivity contribution < 1.29 is 9.21 Å². The molecular weight excluding hydrogens is 232 g/mol. The average Bonchev–Trinajstić information content (AvgIpc) is 2.85. The van der Waals surface area contributed by atoms with Crippen LogP contribution < -0.4 is 0 Å². The van der Waals surface area contributed by atoms with Crippen LogP contribution in [0, 0.1) is 0 Å². The summed E-state index contributed by atoms with van der Waals surface area (Å²) < 4.78 is 5.38. The fourth-order valence-corrected chi connectivity index (χ4v) is 2.14. The molecule has 0 aliphatic carbocycles. The van der Waals surface area contributed by atoms with E-state index in [2.05, 4.69) is 10.2 Å². The molecule has 4 nitrogen and oxygen atoms in total. The lowest BCUT2D eigenvalue weighted by atomic mass is 10.5. The smallest absolute Gasteiger partial charge is 0.277 e. The van der Waals surface area contributed by atoms with Gasteiger partial charge < -0.3 is 4.42 Å². The Balaban J connectivity index is 2.08. The van der Waals surface area contributed by atoms with Crippen molar-refractivity contribution in [3.63, 3.8) is 0 Å². The summed E-state index contributed by atoms with van der Waals surface area (Å²) >= 11 is 2.80. The molecule has 78 valence electrons. The largest absolute Gasteiger partial charge is 0.410 e. The maximum absolute atomic E-state index is 10.7. The van der Waals surface area contributed by atoms with Gasteiger partial charge in [-0.3, -0.25) is 4.79 Å². The number of nitrogens with zero attached hydrogens (tertiary/aromatic N) is 2. The number of thiophene rings is 1. The molecule has 2 aromatic heterocycles. The summed E-state index contributed by atoms with van der Waals surface area (Å²) in [7, 11) is 0. The van der Waals surface area contributed by atoms with Gasteiger partial charge in [-0.25, -0.2) is 0 Å². The Morgan fingerprint density at radius 2 is 2.47 bits per heavy atom. The average molecular weight is 240 g/mol. The van der Waals surface area contributed by atoms with Crippen molar-refractivity contribution in [2.24, 2.45) is 0 Å². The third-order valence-electron chi connectivity index (χ3n) is 1.54. The van der Waals surface area contributed by atoms with E-state index in [0.29, 0.717) is 16.9 Å². The first kappa shape index (κ1) is 10.4. The Labute approximate surface area is 94.7 Å². The van der Waals surface area contributed by atoms with Crippen molar-refractivity contribution in [3.8, 4) is 10.8 Å². The number of aromatic nitrogens is 2. The highest BCUT2D eigenvalue weighted by molar-refractivity contribution is 7.99. The Hall–Kier alpha value is -1.14. The van der Waals surface area contributed by atoms with Gasteiger partial charge in [0.1, 0.15) is 5.78 Å². The Bertz CT molecular complexity index is 450. The van der Waals surface area contributed by atoms with Gasteiger partial charge in [-0.15, -0.1) is 21.5 Å². The fourth-order valence-electron chi connectivity index (χ4n) is 0.931. The third kappa shape index (κ3) is 2.66. The zero-order chi connectivity index (χ0) is 10.7. The molecule has 0 aromatic carbocycles. The minimum Gasteiger partial charge on any atom is -0.410 e. The van der Waals surface area contributed by atoms with Gasteiger partial charge in [0.25, 0.3) is 11.1 Å². The van der Waals surface area contributed by atoms with E-state index in [4.69, 9.17) is 4.42 Å². The lowest BCUT2D eigenvalue weighted by Crippen LogP contribution is -1.92. The van der Waals surface area contributed by atoms with Crippen LogP contribution >= 0.6 is 23.1 Å². The lowest BCUT2D eigenvalue weighted by Gasteiger charge is -1.89. The predicted octanol–water partition coefficient (Wildman–Crippen LogP) is 2.48. The van der Waals surface area contributed by atoms with Gasteiger partial charge >= 0.3 is 0 Å². The van der Waals surface area contributed by atoms with Crippen molar-refractivity contribution in [2.45, 2.75) is 12.1 Å². The molecule has 0 bridgehead atoms. The molecule has 2 rings (SSSR count). The summed E-state index contributed by atoms with van der Waals surface area (Å²) in [4.78, 5) is 11.7. The number of hydrogen-bond acceptors (Lipinski definition) is 6. The first-order valence-electron chi connectivity index (χ1n) is 4.25. The van der Waals surface area contributed by atoms with Gasteiger partial charge in [-0.05, 0) is 18.4 Å². The van der Waals surface area contributed by atoms with E-state index in [-0.39, 0.29) is 5.78 Å². The van der Waals surface area contributed by atoms with Crippen LogP contribution in [0.4, 0.5) is 0 Å². The van der Waals surface area contributed by atoms with E-state index < -0.39 is 0 Å². The highest BCUT2D eigenvalue weighted by Crippen LogP contribution is 2.26. The number of carbonyl (C=O) groups excluding carboxylic acids is 1. The van der Waals surface area contributed by atoms with E-state index in [0.717, 1.165) is 4.88 Å². The van der Waals surface area contributed by atoms with Crippen LogP contribution in [0.1, 0.15) is 6.92 Å². The molecule has 0 amide bonds. The highest BCUT2D eigenvalue weighted by Gasteiger charge is 2.09. The Kier molecular flexibility index (Phi) is 3.17.